The third-order valence-corrected chi connectivity index (χ3v) is 11.7. The third kappa shape index (κ3) is 4.29. The zero-order valence-corrected chi connectivity index (χ0v) is 28.4. The van der Waals surface area contributed by atoms with E-state index in [0.717, 1.165) is 0 Å². The molecule has 0 saturated heterocycles. The second-order valence-electron chi connectivity index (χ2n) is 13.3. The molecule has 0 N–H and O–H groups in total. The van der Waals surface area contributed by atoms with Crippen LogP contribution in [0, 0.1) is 0 Å². The van der Waals surface area contributed by atoms with E-state index >= 15 is 0 Å². The van der Waals surface area contributed by atoms with Gasteiger partial charge in [0.15, 0.2) is 0 Å². The molecular weight excluding hydrogens is 637 g/mol. The largest absolute Gasteiger partial charge is 0.309 e. The fourth-order valence-electron chi connectivity index (χ4n) is 8.16. The summed E-state index contributed by atoms with van der Waals surface area (Å²) in [5, 5.41) is 7.77. The van der Waals surface area contributed by atoms with Crippen LogP contribution in [-0.2, 0) is 0 Å². The van der Waals surface area contributed by atoms with Gasteiger partial charge >= 0.3 is 0 Å². The molecule has 238 valence electrons. The zero-order valence-electron chi connectivity index (χ0n) is 27.6. The SMILES string of the molecule is c1ccc(-n2c3ccccc3c3cc(-c4ccc(-c5ccc(-n6c7ccccc7c7ccc8c9ccccc9sc8c76)cc5)cc4)ccc32)cc1. The van der Waals surface area contributed by atoms with Crippen LogP contribution >= 0.6 is 11.3 Å². The minimum absolute atomic E-state index is 1.18. The highest BCUT2D eigenvalue weighted by Gasteiger charge is 2.18. The smallest absolute Gasteiger partial charge is 0.0719 e. The summed E-state index contributed by atoms with van der Waals surface area (Å²) in [6.07, 6.45) is 0. The van der Waals surface area contributed by atoms with Crippen molar-refractivity contribution in [3.8, 4) is 33.6 Å². The molecule has 2 nitrogen and oxygen atoms in total. The van der Waals surface area contributed by atoms with Gasteiger partial charge in [-0.05, 0) is 76.9 Å². The van der Waals surface area contributed by atoms with Crippen LogP contribution in [0.2, 0.25) is 0 Å². The van der Waals surface area contributed by atoms with E-state index in [1.807, 2.05) is 11.3 Å². The molecule has 0 saturated carbocycles. The van der Waals surface area contributed by atoms with Gasteiger partial charge in [-0.2, -0.15) is 0 Å². The Morgan fingerprint density at radius 3 is 1.57 bits per heavy atom. The topological polar surface area (TPSA) is 9.86 Å². The van der Waals surface area contributed by atoms with Crippen molar-refractivity contribution in [1.82, 2.24) is 9.13 Å². The van der Waals surface area contributed by atoms with Crippen molar-refractivity contribution < 1.29 is 0 Å². The maximum absolute atomic E-state index is 2.46. The second kappa shape index (κ2) is 11.0. The van der Waals surface area contributed by atoms with Crippen LogP contribution in [0.3, 0.4) is 0 Å². The van der Waals surface area contributed by atoms with E-state index in [4.69, 9.17) is 0 Å². The van der Waals surface area contributed by atoms with Crippen LogP contribution in [0.25, 0.3) is 97.4 Å². The van der Waals surface area contributed by atoms with Gasteiger partial charge in [0.25, 0.3) is 0 Å². The highest BCUT2D eigenvalue weighted by atomic mass is 32.1. The van der Waals surface area contributed by atoms with Crippen LogP contribution in [0.5, 0.6) is 0 Å². The van der Waals surface area contributed by atoms with E-state index in [1.165, 1.54) is 97.4 Å². The third-order valence-electron chi connectivity index (χ3n) is 10.5. The highest BCUT2D eigenvalue weighted by Crippen LogP contribution is 2.43. The van der Waals surface area contributed by atoms with Crippen molar-refractivity contribution in [1.29, 1.82) is 0 Å². The molecule has 0 aliphatic rings. The molecule has 11 rings (SSSR count). The van der Waals surface area contributed by atoms with Crippen molar-refractivity contribution in [2.24, 2.45) is 0 Å². The monoisotopic (exact) mass is 666 g/mol. The number of nitrogens with zero attached hydrogens (tertiary/aromatic N) is 2. The van der Waals surface area contributed by atoms with Crippen molar-refractivity contribution in [3.05, 3.63) is 182 Å². The van der Waals surface area contributed by atoms with E-state index in [9.17, 15) is 0 Å². The normalized spacial score (nSPS) is 11.9. The predicted molar refractivity (Wildman–Crippen MR) is 219 cm³/mol. The molecule has 3 heteroatoms. The van der Waals surface area contributed by atoms with E-state index in [2.05, 4.69) is 191 Å². The molecule has 0 unspecified atom stereocenters. The van der Waals surface area contributed by atoms with Crippen molar-refractivity contribution in [2.45, 2.75) is 0 Å². The fraction of sp³-hybridized carbons (Fsp3) is 0. The lowest BCUT2D eigenvalue weighted by Gasteiger charge is -2.11. The number of rotatable bonds is 4. The van der Waals surface area contributed by atoms with Crippen LogP contribution in [0.15, 0.2) is 182 Å². The molecule has 0 bridgehead atoms. The van der Waals surface area contributed by atoms with Crippen LogP contribution in [-0.4, -0.2) is 9.13 Å². The Balaban J connectivity index is 0.977. The first kappa shape index (κ1) is 28.4. The summed E-state index contributed by atoms with van der Waals surface area (Å²) in [5.41, 5.74) is 12.2. The van der Waals surface area contributed by atoms with E-state index in [-0.39, 0.29) is 0 Å². The Morgan fingerprint density at radius 2 is 0.824 bits per heavy atom. The molecule has 0 atom stereocenters. The summed E-state index contributed by atoms with van der Waals surface area (Å²) in [6.45, 7) is 0. The molecule has 8 aromatic carbocycles. The molecular formula is C48H30N2S. The van der Waals surface area contributed by atoms with Crippen molar-refractivity contribution in [3.63, 3.8) is 0 Å². The van der Waals surface area contributed by atoms with Gasteiger partial charge in [-0.15, -0.1) is 11.3 Å². The predicted octanol–water partition coefficient (Wildman–Crippen LogP) is 13.6. The van der Waals surface area contributed by atoms with Crippen LogP contribution in [0.1, 0.15) is 0 Å². The Hall–Kier alpha value is -6.42. The van der Waals surface area contributed by atoms with Gasteiger partial charge in [-0.1, -0.05) is 127 Å². The maximum atomic E-state index is 2.46. The van der Waals surface area contributed by atoms with Crippen molar-refractivity contribution >= 4 is 75.1 Å². The van der Waals surface area contributed by atoms with Gasteiger partial charge in [-0.3, -0.25) is 0 Å². The summed E-state index contributed by atoms with van der Waals surface area (Å²) in [7, 11) is 0. The molecule has 0 aliphatic heterocycles. The fourth-order valence-corrected chi connectivity index (χ4v) is 9.41. The average molecular weight is 667 g/mol. The standard InChI is InChI=1S/C48H30N2S/c1-2-10-35(11-3-1)49-43-15-7-5-13-38(43)42-30-34(24-29-45(42)49)33-20-18-31(19-21-33)32-22-25-36(26-23-32)50-44-16-8-4-12-37(44)40-27-28-41-39-14-6-9-17-46(39)51-48(41)47(40)50/h1-30H. The van der Waals surface area contributed by atoms with Gasteiger partial charge in [0.2, 0.25) is 0 Å². The van der Waals surface area contributed by atoms with Gasteiger partial charge < -0.3 is 9.13 Å². The zero-order chi connectivity index (χ0) is 33.5. The molecule has 0 spiro atoms. The number of hydrogen-bond acceptors (Lipinski definition) is 1. The molecule has 0 radical (unpaired) electrons. The first-order chi connectivity index (χ1) is 25.3. The lowest BCUT2D eigenvalue weighted by molar-refractivity contribution is 1.18. The summed E-state index contributed by atoms with van der Waals surface area (Å²) >= 11 is 1.89. The molecule has 51 heavy (non-hydrogen) atoms. The molecule has 3 aromatic heterocycles. The Morgan fingerprint density at radius 1 is 0.314 bits per heavy atom. The molecule has 3 heterocycles. The molecule has 11 aromatic rings. The summed E-state index contributed by atoms with van der Waals surface area (Å²) in [6, 6.07) is 66.5. The first-order valence-corrected chi connectivity index (χ1v) is 18.3. The Kier molecular flexibility index (Phi) is 6.16. The van der Waals surface area contributed by atoms with Gasteiger partial charge in [0.1, 0.15) is 0 Å². The number of aromatic nitrogens is 2. The van der Waals surface area contributed by atoms with E-state index in [1.54, 1.807) is 0 Å². The van der Waals surface area contributed by atoms with Gasteiger partial charge in [-0.25, -0.2) is 0 Å². The van der Waals surface area contributed by atoms with Crippen molar-refractivity contribution in [2.75, 3.05) is 0 Å². The lowest BCUT2D eigenvalue weighted by atomic mass is 9.99. The number of benzene rings is 8. The average Bonchev–Trinajstić information content (AvgIpc) is 3.86. The molecule has 0 fully saturated rings. The van der Waals surface area contributed by atoms with E-state index in [0.29, 0.717) is 0 Å². The number of fused-ring (bicyclic) bond motifs is 10. The first-order valence-electron chi connectivity index (χ1n) is 17.4. The molecule has 0 aliphatic carbocycles. The Labute approximate surface area is 298 Å². The minimum atomic E-state index is 1.18. The lowest BCUT2D eigenvalue weighted by Crippen LogP contribution is -1.94. The minimum Gasteiger partial charge on any atom is -0.309 e. The summed E-state index contributed by atoms with van der Waals surface area (Å²) in [4.78, 5) is 0. The number of hydrogen-bond donors (Lipinski definition) is 0. The summed E-state index contributed by atoms with van der Waals surface area (Å²) in [5.74, 6) is 0. The van der Waals surface area contributed by atoms with Crippen LogP contribution in [0.4, 0.5) is 0 Å². The number of para-hydroxylation sites is 3. The quantitative estimate of drug-likeness (QED) is 0.177. The Bertz CT molecular complexity index is 3100. The maximum Gasteiger partial charge on any atom is 0.0719 e. The van der Waals surface area contributed by atoms with E-state index < -0.39 is 0 Å². The highest BCUT2D eigenvalue weighted by molar-refractivity contribution is 7.26. The van der Waals surface area contributed by atoms with Gasteiger partial charge in [0, 0.05) is 48.4 Å². The van der Waals surface area contributed by atoms with Gasteiger partial charge in [0.05, 0.1) is 26.8 Å². The molecule has 0 amide bonds. The van der Waals surface area contributed by atoms with Crippen LogP contribution < -0.4 is 0 Å². The second-order valence-corrected chi connectivity index (χ2v) is 14.4. The number of thiophene rings is 1. The summed E-state index contributed by atoms with van der Waals surface area (Å²) < 4.78 is 7.49.